The monoisotopic (exact) mass is 376 g/mol. The van der Waals surface area contributed by atoms with Crippen LogP contribution >= 0.6 is 0 Å². The Morgan fingerprint density at radius 2 is 1.78 bits per heavy atom. The van der Waals surface area contributed by atoms with E-state index in [0.717, 1.165) is 24.3 Å². The van der Waals surface area contributed by atoms with Crippen molar-refractivity contribution in [3.05, 3.63) is 83.4 Å². The second-order valence-corrected chi connectivity index (χ2v) is 5.49. The molecule has 8 heteroatoms. The van der Waals surface area contributed by atoms with Crippen LogP contribution in [0, 0.1) is 5.82 Å². The van der Waals surface area contributed by atoms with Crippen LogP contribution in [0.4, 0.5) is 17.6 Å². The third kappa shape index (κ3) is 4.60. The molecule has 1 amide bonds. The number of alkyl halides is 3. The number of hydrazone groups is 1. The molecule has 1 aromatic heterocycles. The SMILES string of the molecule is O=C(N/N=C\c1ccc(-c2cccc(C(F)(F)F)c2)o1)c1ccc(F)cc1. The van der Waals surface area contributed by atoms with Gasteiger partial charge in [0.1, 0.15) is 17.3 Å². The maximum absolute atomic E-state index is 12.8. The van der Waals surface area contributed by atoms with Gasteiger partial charge in [0, 0.05) is 11.1 Å². The number of carbonyl (C=O) groups excluding carboxylic acids is 1. The Labute approximate surface area is 151 Å². The van der Waals surface area contributed by atoms with E-state index in [9.17, 15) is 22.4 Å². The van der Waals surface area contributed by atoms with Crippen LogP contribution in [0.1, 0.15) is 21.7 Å². The smallest absolute Gasteiger partial charge is 0.416 e. The van der Waals surface area contributed by atoms with E-state index in [1.54, 1.807) is 0 Å². The molecule has 0 atom stereocenters. The van der Waals surface area contributed by atoms with Gasteiger partial charge in [0.15, 0.2) is 0 Å². The predicted octanol–water partition coefficient (Wildman–Crippen LogP) is 4.87. The Bertz CT molecular complexity index is 976. The lowest BCUT2D eigenvalue weighted by Crippen LogP contribution is -2.17. The Kier molecular flexibility index (Phi) is 5.07. The van der Waals surface area contributed by atoms with Crippen molar-refractivity contribution in [3.63, 3.8) is 0 Å². The van der Waals surface area contributed by atoms with Gasteiger partial charge in [0.05, 0.1) is 11.8 Å². The number of nitrogens with one attached hydrogen (secondary N) is 1. The minimum Gasteiger partial charge on any atom is -0.455 e. The lowest BCUT2D eigenvalue weighted by molar-refractivity contribution is -0.137. The summed E-state index contributed by atoms with van der Waals surface area (Å²) in [6.07, 6.45) is -3.24. The molecule has 0 aliphatic carbocycles. The molecule has 0 spiro atoms. The summed E-state index contributed by atoms with van der Waals surface area (Å²) < 4.78 is 56.6. The average molecular weight is 376 g/mol. The van der Waals surface area contributed by atoms with E-state index in [0.29, 0.717) is 0 Å². The van der Waals surface area contributed by atoms with Crippen LogP contribution in [-0.4, -0.2) is 12.1 Å². The van der Waals surface area contributed by atoms with E-state index in [2.05, 4.69) is 10.5 Å². The molecule has 0 unspecified atom stereocenters. The third-order valence-corrected chi connectivity index (χ3v) is 3.57. The van der Waals surface area contributed by atoms with Crippen LogP contribution in [0.3, 0.4) is 0 Å². The quantitative estimate of drug-likeness (QED) is 0.401. The van der Waals surface area contributed by atoms with Crippen molar-refractivity contribution in [3.8, 4) is 11.3 Å². The maximum atomic E-state index is 12.8. The molecule has 0 aliphatic rings. The largest absolute Gasteiger partial charge is 0.455 e. The van der Waals surface area contributed by atoms with Gasteiger partial charge in [-0.15, -0.1) is 0 Å². The molecule has 0 aliphatic heterocycles. The van der Waals surface area contributed by atoms with Crippen LogP contribution < -0.4 is 5.43 Å². The van der Waals surface area contributed by atoms with Crippen LogP contribution in [-0.2, 0) is 6.18 Å². The molecule has 3 aromatic rings. The number of benzene rings is 2. The minimum atomic E-state index is -4.45. The minimum absolute atomic E-state index is 0.220. The van der Waals surface area contributed by atoms with Crippen molar-refractivity contribution in [1.82, 2.24) is 5.43 Å². The normalized spacial score (nSPS) is 11.7. The van der Waals surface area contributed by atoms with Crippen molar-refractivity contribution in [2.45, 2.75) is 6.18 Å². The van der Waals surface area contributed by atoms with E-state index < -0.39 is 23.5 Å². The van der Waals surface area contributed by atoms with E-state index in [-0.39, 0.29) is 22.6 Å². The van der Waals surface area contributed by atoms with Gasteiger partial charge in [-0.25, -0.2) is 9.82 Å². The van der Waals surface area contributed by atoms with Gasteiger partial charge in [0.25, 0.3) is 5.91 Å². The van der Waals surface area contributed by atoms with E-state index in [1.165, 1.54) is 42.6 Å². The molecule has 0 fully saturated rings. The fourth-order valence-corrected chi connectivity index (χ4v) is 2.25. The van der Waals surface area contributed by atoms with E-state index in [1.807, 2.05) is 0 Å². The van der Waals surface area contributed by atoms with Crippen molar-refractivity contribution in [1.29, 1.82) is 0 Å². The summed E-state index contributed by atoms with van der Waals surface area (Å²) in [5, 5.41) is 3.71. The molecule has 0 saturated heterocycles. The molecule has 2 aromatic carbocycles. The summed E-state index contributed by atoms with van der Waals surface area (Å²) in [7, 11) is 0. The lowest BCUT2D eigenvalue weighted by Gasteiger charge is -2.07. The molecule has 138 valence electrons. The number of hydrogen-bond donors (Lipinski definition) is 1. The summed E-state index contributed by atoms with van der Waals surface area (Å²) in [6, 6.07) is 12.6. The Morgan fingerprint density at radius 1 is 1.04 bits per heavy atom. The van der Waals surface area contributed by atoms with Gasteiger partial charge >= 0.3 is 6.18 Å². The number of amides is 1. The molecule has 0 bridgehead atoms. The standard InChI is InChI=1S/C19H12F4N2O2/c20-15-6-4-12(5-7-15)18(26)25-24-11-16-8-9-17(27-16)13-2-1-3-14(10-13)19(21,22)23/h1-11H,(H,25,26)/b24-11-. The number of halogens is 4. The zero-order chi connectivity index (χ0) is 19.4. The average Bonchev–Trinajstić information content (AvgIpc) is 3.10. The van der Waals surface area contributed by atoms with Gasteiger partial charge in [-0.2, -0.15) is 18.3 Å². The Balaban J connectivity index is 1.68. The number of furan rings is 1. The Hall–Kier alpha value is -3.42. The predicted molar refractivity (Wildman–Crippen MR) is 90.6 cm³/mol. The molecule has 27 heavy (non-hydrogen) atoms. The molecule has 1 N–H and O–H groups in total. The molecule has 4 nitrogen and oxygen atoms in total. The van der Waals surface area contributed by atoms with Crippen molar-refractivity contribution in [2.24, 2.45) is 5.10 Å². The zero-order valence-corrected chi connectivity index (χ0v) is 13.6. The first-order valence-corrected chi connectivity index (χ1v) is 7.69. The zero-order valence-electron chi connectivity index (χ0n) is 13.6. The van der Waals surface area contributed by atoms with Gasteiger partial charge in [-0.1, -0.05) is 12.1 Å². The Morgan fingerprint density at radius 3 is 2.48 bits per heavy atom. The first-order valence-electron chi connectivity index (χ1n) is 7.69. The third-order valence-electron chi connectivity index (χ3n) is 3.57. The highest BCUT2D eigenvalue weighted by Gasteiger charge is 2.30. The highest BCUT2D eigenvalue weighted by molar-refractivity contribution is 5.94. The van der Waals surface area contributed by atoms with Gasteiger partial charge in [-0.05, 0) is 48.5 Å². The number of nitrogens with zero attached hydrogens (tertiary/aromatic N) is 1. The van der Waals surface area contributed by atoms with E-state index in [4.69, 9.17) is 4.42 Å². The van der Waals surface area contributed by atoms with Crippen LogP contribution in [0.25, 0.3) is 11.3 Å². The summed E-state index contributed by atoms with van der Waals surface area (Å²) in [5.74, 6) is -0.544. The molecular weight excluding hydrogens is 364 g/mol. The fraction of sp³-hybridized carbons (Fsp3) is 0.0526. The highest BCUT2D eigenvalue weighted by atomic mass is 19.4. The molecule has 0 radical (unpaired) electrons. The number of carbonyl (C=O) groups is 1. The van der Waals surface area contributed by atoms with Gasteiger partial charge in [-0.3, -0.25) is 4.79 Å². The maximum Gasteiger partial charge on any atom is 0.416 e. The second kappa shape index (κ2) is 7.45. The number of hydrogen-bond acceptors (Lipinski definition) is 3. The topological polar surface area (TPSA) is 54.6 Å². The first kappa shape index (κ1) is 18.4. The summed E-state index contributed by atoms with van der Waals surface area (Å²) in [6.45, 7) is 0. The summed E-state index contributed by atoms with van der Waals surface area (Å²) >= 11 is 0. The van der Waals surface area contributed by atoms with Crippen molar-refractivity contribution >= 4 is 12.1 Å². The highest BCUT2D eigenvalue weighted by Crippen LogP contribution is 2.32. The number of rotatable bonds is 4. The molecule has 1 heterocycles. The fourth-order valence-electron chi connectivity index (χ4n) is 2.25. The van der Waals surface area contributed by atoms with Crippen LogP contribution in [0.5, 0.6) is 0 Å². The molecule has 3 rings (SSSR count). The first-order chi connectivity index (χ1) is 12.8. The van der Waals surface area contributed by atoms with Gasteiger partial charge in [0.2, 0.25) is 0 Å². The molecule has 0 saturated carbocycles. The lowest BCUT2D eigenvalue weighted by atomic mass is 10.1. The van der Waals surface area contributed by atoms with Gasteiger partial charge < -0.3 is 4.42 Å². The molecular formula is C19H12F4N2O2. The summed E-state index contributed by atoms with van der Waals surface area (Å²) in [4.78, 5) is 11.8. The second-order valence-electron chi connectivity index (χ2n) is 5.49. The van der Waals surface area contributed by atoms with Crippen molar-refractivity contribution in [2.75, 3.05) is 0 Å². The van der Waals surface area contributed by atoms with Crippen molar-refractivity contribution < 1.29 is 26.8 Å². The van der Waals surface area contributed by atoms with E-state index >= 15 is 0 Å². The summed E-state index contributed by atoms with van der Waals surface area (Å²) in [5.41, 5.74) is 1.95. The van der Waals surface area contributed by atoms with Crippen LogP contribution in [0.2, 0.25) is 0 Å². The van der Waals surface area contributed by atoms with Crippen LogP contribution in [0.15, 0.2) is 70.2 Å².